The number of likely N-dealkylation sites (N-methyl/N-ethyl adjacent to an activating group) is 1. The van der Waals surface area contributed by atoms with Gasteiger partial charge in [-0.15, -0.1) is 0 Å². The number of aromatic nitrogens is 2. The summed E-state index contributed by atoms with van der Waals surface area (Å²) in [6.07, 6.45) is 1.37. The molecule has 1 N–H and O–H groups in total. The van der Waals surface area contributed by atoms with Crippen LogP contribution in [0.3, 0.4) is 0 Å². The third kappa shape index (κ3) is 5.24. The van der Waals surface area contributed by atoms with Crippen LogP contribution >= 0.6 is 11.6 Å². The molecule has 8 nitrogen and oxygen atoms in total. The monoisotopic (exact) mass is 447 g/mol. The molecule has 1 aromatic heterocycles. The second kappa shape index (κ2) is 9.65. The number of amides is 2. The minimum absolute atomic E-state index is 0.119. The van der Waals surface area contributed by atoms with Gasteiger partial charge in [-0.05, 0) is 24.3 Å². The maximum absolute atomic E-state index is 14.2. The average molecular weight is 448 g/mol. The van der Waals surface area contributed by atoms with E-state index in [-0.39, 0.29) is 18.3 Å². The summed E-state index contributed by atoms with van der Waals surface area (Å²) in [5.41, 5.74) is 0.817. The highest BCUT2D eigenvalue weighted by Gasteiger charge is 2.15. The highest BCUT2D eigenvalue weighted by molar-refractivity contribution is 6.30. The summed E-state index contributed by atoms with van der Waals surface area (Å²) >= 11 is 5.82. The second-order valence-corrected chi connectivity index (χ2v) is 7.38. The van der Waals surface area contributed by atoms with Crippen molar-refractivity contribution in [1.82, 2.24) is 19.8 Å². The molecule has 31 heavy (non-hydrogen) atoms. The molecule has 3 aromatic rings. The molecule has 0 aliphatic carbocycles. The van der Waals surface area contributed by atoms with Crippen molar-refractivity contribution in [1.29, 1.82) is 0 Å². The third-order valence-electron chi connectivity index (χ3n) is 4.50. The minimum atomic E-state index is -0.498. The number of urea groups is 1. The summed E-state index contributed by atoms with van der Waals surface area (Å²) in [4.78, 5) is 23.5. The van der Waals surface area contributed by atoms with E-state index in [1.54, 1.807) is 44.2 Å². The van der Waals surface area contributed by atoms with Crippen LogP contribution in [0.5, 0.6) is 11.5 Å². The number of fused-ring (bicyclic) bond motifs is 1. The normalized spacial score (nSPS) is 10.6. The van der Waals surface area contributed by atoms with Crippen molar-refractivity contribution in [3.63, 3.8) is 0 Å². The van der Waals surface area contributed by atoms with E-state index in [0.29, 0.717) is 39.8 Å². The number of nitrogens with zero attached hydrogens (tertiary/aromatic N) is 4. The van der Waals surface area contributed by atoms with E-state index in [9.17, 15) is 9.18 Å². The molecule has 0 unspecified atom stereocenters. The number of anilines is 2. The predicted octanol–water partition coefficient (Wildman–Crippen LogP) is 4.17. The highest BCUT2D eigenvalue weighted by atomic mass is 35.5. The van der Waals surface area contributed by atoms with Gasteiger partial charge in [-0.3, -0.25) is 0 Å². The van der Waals surface area contributed by atoms with Gasteiger partial charge in [-0.1, -0.05) is 11.6 Å². The topological polar surface area (TPSA) is 79.8 Å². The molecule has 1 heterocycles. The number of benzene rings is 2. The van der Waals surface area contributed by atoms with E-state index in [0.717, 1.165) is 0 Å². The van der Waals surface area contributed by atoms with Crippen molar-refractivity contribution in [2.75, 3.05) is 46.7 Å². The van der Waals surface area contributed by atoms with Gasteiger partial charge in [-0.25, -0.2) is 19.2 Å². The van der Waals surface area contributed by atoms with E-state index in [1.807, 2.05) is 0 Å². The Kier molecular flexibility index (Phi) is 6.96. The fourth-order valence-corrected chi connectivity index (χ4v) is 3.04. The van der Waals surface area contributed by atoms with Crippen LogP contribution in [0.15, 0.2) is 36.7 Å². The lowest BCUT2D eigenvalue weighted by Gasteiger charge is -2.22. The van der Waals surface area contributed by atoms with Crippen molar-refractivity contribution in [3.8, 4) is 11.5 Å². The lowest BCUT2D eigenvalue weighted by molar-refractivity contribution is 0.170. The van der Waals surface area contributed by atoms with Crippen molar-refractivity contribution >= 4 is 40.0 Å². The average Bonchev–Trinajstić information content (AvgIpc) is 2.74. The zero-order valence-electron chi connectivity index (χ0n) is 17.6. The summed E-state index contributed by atoms with van der Waals surface area (Å²) in [5.74, 6) is 0.849. The standard InChI is InChI=1S/C21H23ClFN5O3/c1-27(2)21(29)28(3)7-8-31-19-11-17-14(10-18(19)30-4)20(25-12-24-17)26-16-6-5-13(22)9-15(16)23/h5-6,9-12H,7-8H2,1-4H3,(H,24,25,26). The SMILES string of the molecule is COc1cc2c(Nc3ccc(Cl)cc3F)ncnc2cc1OCCN(C)C(=O)N(C)C. The molecule has 3 rings (SSSR count). The van der Waals surface area contributed by atoms with Gasteiger partial charge in [0.25, 0.3) is 0 Å². The predicted molar refractivity (Wildman–Crippen MR) is 118 cm³/mol. The summed E-state index contributed by atoms with van der Waals surface area (Å²) < 4.78 is 25.5. The molecule has 0 spiro atoms. The lowest BCUT2D eigenvalue weighted by Crippen LogP contribution is -2.38. The number of ether oxygens (including phenoxy) is 2. The number of carbonyl (C=O) groups excluding carboxylic acids is 1. The largest absolute Gasteiger partial charge is 0.493 e. The molecule has 2 aromatic carbocycles. The Morgan fingerprint density at radius 3 is 2.61 bits per heavy atom. The van der Waals surface area contributed by atoms with Gasteiger partial charge in [0.2, 0.25) is 0 Å². The van der Waals surface area contributed by atoms with Crippen LogP contribution in [-0.2, 0) is 0 Å². The number of halogens is 2. The van der Waals surface area contributed by atoms with Gasteiger partial charge in [0.15, 0.2) is 11.5 Å². The molecule has 0 aliphatic heterocycles. The number of hydrogen-bond donors (Lipinski definition) is 1. The molecule has 0 fully saturated rings. The molecule has 0 aliphatic rings. The van der Waals surface area contributed by atoms with Crippen LogP contribution in [-0.4, -0.2) is 67.2 Å². The molecular weight excluding hydrogens is 425 g/mol. The van der Waals surface area contributed by atoms with Crippen LogP contribution in [0.4, 0.5) is 20.7 Å². The Morgan fingerprint density at radius 1 is 1.16 bits per heavy atom. The quantitative estimate of drug-likeness (QED) is 0.585. The van der Waals surface area contributed by atoms with Crippen molar-refractivity contribution < 1.29 is 18.7 Å². The number of nitrogens with one attached hydrogen (secondary N) is 1. The summed E-state index contributed by atoms with van der Waals surface area (Å²) in [5, 5.41) is 3.89. The molecule has 164 valence electrons. The van der Waals surface area contributed by atoms with Crippen LogP contribution in [0.2, 0.25) is 5.02 Å². The zero-order valence-corrected chi connectivity index (χ0v) is 18.4. The molecule has 0 atom stereocenters. The van der Waals surface area contributed by atoms with E-state index in [4.69, 9.17) is 21.1 Å². The summed E-state index contributed by atoms with van der Waals surface area (Å²) in [7, 11) is 6.59. The zero-order chi connectivity index (χ0) is 22.5. The number of carbonyl (C=O) groups is 1. The maximum atomic E-state index is 14.2. The third-order valence-corrected chi connectivity index (χ3v) is 4.73. The first kappa shape index (κ1) is 22.4. The van der Waals surface area contributed by atoms with Crippen molar-refractivity contribution in [2.24, 2.45) is 0 Å². The molecule has 2 amide bonds. The fraction of sp³-hybridized carbons (Fsp3) is 0.286. The smallest absolute Gasteiger partial charge is 0.319 e. The van der Waals surface area contributed by atoms with Gasteiger partial charge < -0.3 is 24.6 Å². The van der Waals surface area contributed by atoms with Gasteiger partial charge in [0.05, 0.1) is 24.9 Å². The molecule has 0 saturated carbocycles. The fourth-order valence-electron chi connectivity index (χ4n) is 2.88. The van der Waals surface area contributed by atoms with Gasteiger partial charge in [0, 0.05) is 37.6 Å². The lowest BCUT2D eigenvalue weighted by atomic mass is 10.2. The van der Waals surface area contributed by atoms with Crippen molar-refractivity contribution in [3.05, 3.63) is 47.5 Å². The van der Waals surface area contributed by atoms with E-state index in [1.165, 1.54) is 30.5 Å². The first-order valence-electron chi connectivity index (χ1n) is 9.40. The molecule has 0 saturated heterocycles. The molecular formula is C21H23ClFN5O3. The molecule has 10 heteroatoms. The van der Waals surface area contributed by atoms with Crippen LogP contribution in [0.25, 0.3) is 10.9 Å². The van der Waals surface area contributed by atoms with E-state index < -0.39 is 5.82 Å². The first-order chi connectivity index (χ1) is 14.8. The first-order valence-corrected chi connectivity index (χ1v) is 9.78. The highest BCUT2D eigenvalue weighted by Crippen LogP contribution is 2.35. The number of rotatable bonds is 7. The van der Waals surface area contributed by atoms with Gasteiger partial charge >= 0.3 is 6.03 Å². The minimum Gasteiger partial charge on any atom is -0.493 e. The molecule has 0 radical (unpaired) electrons. The van der Waals surface area contributed by atoms with Crippen LogP contribution in [0.1, 0.15) is 0 Å². The number of hydrogen-bond acceptors (Lipinski definition) is 6. The molecule has 0 bridgehead atoms. The van der Waals surface area contributed by atoms with Crippen molar-refractivity contribution in [2.45, 2.75) is 0 Å². The summed E-state index contributed by atoms with van der Waals surface area (Å²) in [6, 6.07) is 7.65. The van der Waals surface area contributed by atoms with Crippen LogP contribution in [0, 0.1) is 5.82 Å². The Hall–Kier alpha value is -3.33. The van der Waals surface area contributed by atoms with Crippen LogP contribution < -0.4 is 14.8 Å². The Morgan fingerprint density at radius 2 is 1.94 bits per heavy atom. The maximum Gasteiger partial charge on any atom is 0.319 e. The summed E-state index contributed by atoms with van der Waals surface area (Å²) in [6.45, 7) is 0.661. The Balaban J connectivity index is 1.83. The van der Waals surface area contributed by atoms with Gasteiger partial charge in [0.1, 0.15) is 24.6 Å². The second-order valence-electron chi connectivity index (χ2n) is 6.94. The van der Waals surface area contributed by atoms with E-state index >= 15 is 0 Å². The Bertz CT molecular complexity index is 1100. The number of methoxy groups -OCH3 is 1. The Labute approximate surface area is 184 Å². The van der Waals surface area contributed by atoms with Gasteiger partial charge in [-0.2, -0.15) is 0 Å². The van der Waals surface area contributed by atoms with E-state index in [2.05, 4.69) is 15.3 Å².